The molecule has 1 aromatic heterocycles. The lowest BCUT2D eigenvalue weighted by molar-refractivity contribution is 0.102. The van der Waals surface area contributed by atoms with Crippen LogP contribution in [0.1, 0.15) is 44.8 Å². The Balaban J connectivity index is 1.51. The number of nitriles is 3. The summed E-state index contributed by atoms with van der Waals surface area (Å²) in [7, 11) is -3.95. The number of hydrogen-bond acceptors (Lipinski definition) is 9. The Bertz CT molecular complexity index is 1610. The van der Waals surface area contributed by atoms with Gasteiger partial charge >= 0.3 is 0 Å². The Labute approximate surface area is 230 Å². The first kappa shape index (κ1) is 27.6. The number of rotatable bonds is 10. The molecule has 2 heterocycles. The fourth-order valence-corrected chi connectivity index (χ4v) is 6.62. The van der Waals surface area contributed by atoms with Gasteiger partial charge in [-0.05, 0) is 54.4 Å². The van der Waals surface area contributed by atoms with E-state index in [1.54, 1.807) is 0 Å². The minimum absolute atomic E-state index is 0.0107. The number of hydrogen-bond donors (Lipinski definition) is 1. The summed E-state index contributed by atoms with van der Waals surface area (Å²) >= 11 is 1.31. The standard InChI is InChI=1S/C27H23N5O5S2/c1-18-22(16-30)27(38-25(18)15-19-4-9-23-24(14-19)37-17-36-23)31-26(33)20-5-7-21(8-6-20)39(34,35)32(12-2-10-28)13-3-11-29/h4-9,14H,2-3,12-13,15,17H2,1H3,(H,31,33). The van der Waals surface area contributed by atoms with Gasteiger partial charge in [0.1, 0.15) is 11.1 Å². The van der Waals surface area contributed by atoms with E-state index < -0.39 is 15.9 Å². The van der Waals surface area contributed by atoms with Crippen molar-refractivity contribution < 1.29 is 22.7 Å². The first-order valence-corrected chi connectivity index (χ1v) is 14.1. The highest BCUT2D eigenvalue weighted by molar-refractivity contribution is 7.89. The molecule has 0 spiro atoms. The van der Waals surface area contributed by atoms with Crippen molar-refractivity contribution in [3.8, 4) is 29.7 Å². The molecule has 0 fully saturated rings. The largest absolute Gasteiger partial charge is 0.454 e. The number of nitrogens with one attached hydrogen (secondary N) is 1. The minimum atomic E-state index is -3.95. The molecule has 0 bridgehead atoms. The van der Waals surface area contributed by atoms with Gasteiger partial charge in [0.15, 0.2) is 11.5 Å². The lowest BCUT2D eigenvalue weighted by Crippen LogP contribution is -2.32. The SMILES string of the molecule is Cc1c(Cc2ccc3c(c2)OCO3)sc(NC(=O)c2ccc(S(=O)(=O)N(CCC#N)CCC#N)cc2)c1C#N. The molecule has 10 nitrogen and oxygen atoms in total. The van der Waals surface area contributed by atoms with E-state index in [-0.39, 0.29) is 43.2 Å². The Morgan fingerprint density at radius 2 is 1.69 bits per heavy atom. The van der Waals surface area contributed by atoms with Gasteiger partial charge in [0.25, 0.3) is 5.91 Å². The number of sulfonamides is 1. The zero-order valence-corrected chi connectivity index (χ0v) is 22.6. The number of carbonyl (C=O) groups is 1. The Morgan fingerprint density at radius 3 is 2.33 bits per heavy atom. The van der Waals surface area contributed by atoms with Crippen molar-refractivity contribution in [1.29, 1.82) is 15.8 Å². The summed E-state index contributed by atoms with van der Waals surface area (Å²) < 4.78 is 37.9. The van der Waals surface area contributed by atoms with Crippen LogP contribution in [0.5, 0.6) is 11.5 Å². The van der Waals surface area contributed by atoms with Gasteiger partial charge < -0.3 is 14.8 Å². The van der Waals surface area contributed by atoms with E-state index in [1.165, 1.54) is 35.6 Å². The van der Waals surface area contributed by atoms with Crippen molar-refractivity contribution in [2.75, 3.05) is 25.2 Å². The molecular weight excluding hydrogens is 538 g/mol. The molecule has 1 N–H and O–H groups in total. The second-order valence-electron chi connectivity index (χ2n) is 8.53. The topological polar surface area (TPSA) is 156 Å². The predicted octanol–water partition coefficient (Wildman–Crippen LogP) is 4.32. The molecule has 2 aromatic carbocycles. The molecule has 0 atom stereocenters. The van der Waals surface area contributed by atoms with Crippen molar-refractivity contribution in [3.63, 3.8) is 0 Å². The number of amides is 1. The zero-order valence-electron chi connectivity index (χ0n) is 20.9. The van der Waals surface area contributed by atoms with Crippen LogP contribution in [0, 0.1) is 40.9 Å². The van der Waals surface area contributed by atoms with Crippen LogP contribution in [0.25, 0.3) is 0 Å². The highest BCUT2D eigenvalue weighted by Gasteiger charge is 2.25. The average Bonchev–Trinajstić information content (AvgIpc) is 3.52. The molecule has 39 heavy (non-hydrogen) atoms. The molecule has 0 saturated heterocycles. The van der Waals surface area contributed by atoms with Gasteiger partial charge in [-0.3, -0.25) is 4.79 Å². The predicted molar refractivity (Wildman–Crippen MR) is 143 cm³/mol. The van der Waals surface area contributed by atoms with Crippen molar-refractivity contribution in [1.82, 2.24) is 4.31 Å². The van der Waals surface area contributed by atoms with Crippen LogP contribution in [-0.4, -0.2) is 38.5 Å². The molecule has 3 aromatic rings. The van der Waals surface area contributed by atoms with Gasteiger partial charge in [-0.1, -0.05) is 6.07 Å². The van der Waals surface area contributed by atoms with Crippen molar-refractivity contribution >= 4 is 32.3 Å². The van der Waals surface area contributed by atoms with Gasteiger partial charge in [0, 0.05) is 42.8 Å². The van der Waals surface area contributed by atoms with Crippen LogP contribution in [0.15, 0.2) is 47.4 Å². The smallest absolute Gasteiger partial charge is 0.256 e. The van der Waals surface area contributed by atoms with Crippen LogP contribution in [0.2, 0.25) is 0 Å². The van der Waals surface area contributed by atoms with Gasteiger partial charge in [0.05, 0.1) is 22.6 Å². The summed E-state index contributed by atoms with van der Waals surface area (Å²) in [6.45, 7) is 1.94. The molecule has 0 unspecified atom stereocenters. The highest BCUT2D eigenvalue weighted by atomic mass is 32.2. The monoisotopic (exact) mass is 561 g/mol. The fraction of sp³-hybridized carbons (Fsp3) is 0.259. The second-order valence-corrected chi connectivity index (χ2v) is 11.6. The summed E-state index contributed by atoms with van der Waals surface area (Å²) in [4.78, 5) is 13.9. The van der Waals surface area contributed by atoms with Crippen LogP contribution < -0.4 is 14.8 Å². The van der Waals surface area contributed by atoms with Crippen molar-refractivity contribution in [2.24, 2.45) is 0 Å². The molecule has 0 radical (unpaired) electrons. The molecule has 12 heteroatoms. The van der Waals surface area contributed by atoms with Gasteiger partial charge in [-0.2, -0.15) is 20.1 Å². The van der Waals surface area contributed by atoms with Gasteiger partial charge in [0.2, 0.25) is 16.8 Å². The summed E-state index contributed by atoms with van der Waals surface area (Å²) in [6, 6.07) is 17.0. The fourth-order valence-electron chi connectivity index (χ4n) is 3.99. The van der Waals surface area contributed by atoms with E-state index in [2.05, 4.69) is 11.4 Å². The number of carbonyl (C=O) groups excluding carboxylic acids is 1. The van der Waals surface area contributed by atoms with Crippen LogP contribution in [0.4, 0.5) is 5.00 Å². The van der Waals surface area contributed by atoms with Crippen LogP contribution in [-0.2, 0) is 16.4 Å². The van der Waals surface area contributed by atoms with E-state index in [0.717, 1.165) is 20.3 Å². The maximum Gasteiger partial charge on any atom is 0.256 e. The third-order valence-electron chi connectivity index (χ3n) is 6.09. The summed E-state index contributed by atoms with van der Waals surface area (Å²) in [5.41, 5.74) is 2.32. The maximum atomic E-state index is 13.0. The summed E-state index contributed by atoms with van der Waals surface area (Å²) in [6.07, 6.45) is 0.519. The van der Waals surface area contributed by atoms with E-state index in [0.29, 0.717) is 28.5 Å². The van der Waals surface area contributed by atoms with Crippen molar-refractivity contribution in [3.05, 3.63) is 69.6 Å². The molecule has 1 aliphatic rings. The lowest BCUT2D eigenvalue weighted by atomic mass is 10.1. The summed E-state index contributed by atoms with van der Waals surface area (Å²) in [5, 5.41) is 30.6. The molecule has 1 aliphatic heterocycles. The minimum Gasteiger partial charge on any atom is -0.454 e. The molecule has 0 aliphatic carbocycles. The molecule has 1 amide bonds. The van der Waals surface area contributed by atoms with Crippen LogP contribution >= 0.6 is 11.3 Å². The highest BCUT2D eigenvalue weighted by Crippen LogP contribution is 2.37. The first-order valence-electron chi connectivity index (χ1n) is 11.8. The molecule has 0 saturated carbocycles. The third-order valence-corrected chi connectivity index (χ3v) is 9.21. The normalized spacial score (nSPS) is 12.0. The quantitative estimate of drug-likeness (QED) is 0.384. The van der Waals surface area contributed by atoms with E-state index in [9.17, 15) is 18.5 Å². The third kappa shape index (κ3) is 6.02. The summed E-state index contributed by atoms with van der Waals surface area (Å²) in [5.74, 6) is 0.861. The van der Waals surface area contributed by atoms with E-state index in [4.69, 9.17) is 20.0 Å². The maximum absolute atomic E-state index is 13.0. The number of anilines is 1. The lowest BCUT2D eigenvalue weighted by Gasteiger charge is -2.20. The Hall–Kier alpha value is -4.41. The van der Waals surface area contributed by atoms with Gasteiger partial charge in [-0.25, -0.2) is 8.42 Å². The van der Waals surface area contributed by atoms with E-state index >= 15 is 0 Å². The number of thiophene rings is 1. The number of nitrogens with zero attached hydrogens (tertiary/aromatic N) is 4. The number of benzene rings is 2. The van der Waals surface area contributed by atoms with Crippen molar-refractivity contribution in [2.45, 2.75) is 31.1 Å². The Morgan fingerprint density at radius 1 is 1.03 bits per heavy atom. The molecular formula is C27H23N5O5S2. The zero-order chi connectivity index (χ0) is 28.0. The first-order chi connectivity index (χ1) is 18.8. The molecule has 198 valence electrons. The average molecular weight is 562 g/mol. The molecule has 4 rings (SSSR count). The van der Waals surface area contributed by atoms with Crippen LogP contribution in [0.3, 0.4) is 0 Å². The van der Waals surface area contributed by atoms with E-state index in [1.807, 2.05) is 37.3 Å². The second kappa shape index (κ2) is 12.0. The number of fused-ring (bicyclic) bond motifs is 1. The Kier molecular flexibility index (Phi) is 8.48. The van der Waals surface area contributed by atoms with Gasteiger partial charge in [-0.15, -0.1) is 11.3 Å². The number of ether oxygens (including phenoxy) is 2.